The molecule has 8 heteroatoms. The maximum atomic E-state index is 12.2. The Morgan fingerprint density at radius 2 is 1.69 bits per heavy atom. The Balaban J connectivity index is 1.64. The van der Waals surface area contributed by atoms with Gasteiger partial charge >= 0.3 is 0 Å². The first-order chi connectivity index (χ1) is 12.6. The zero-order valence-corrected chi connectivity index (χ0v) is 14.7. The number of carbonyl (C=O) groups excluding carboxylic acids is 1. The number of anilines is 1. The highest BCUT2D eigenvalue weighted by atomic mass is 16.7. The Kier molecular flexibility index (Phi) is 5.21. The molecule has 0 unspecified atom stereocenters. The first-order valence-corrected chi connectivity index (χ1v) is 7.77. The summed E-state index contributed by atoms with van der Waals surface area (Å²) in [6.07, 6.45) is 0. The van der Waals surface area contributed by atoms with Crippen molar-refractivity contribution in [2.75, 3.05) is 40.0 Å². The first kappa shape index (κ1) is 17.5. The van der Waals surface area contributed by atoms with E-state index in [0.717, 1.165) is 0 Å². The molecule has 1 heterocycles. The van der Waals surface area contributed by atoms with Crippen LogP contribution >= 0.6 is 0 Å². The Morgan fingerprint density at radius 1 is 1.00 bits per heavy atom. The van der Waals surface area contributed by atoms with Crippen molar-refractivity contribution in [3.05, 3.63) is 30.3 Å². The summed E-state index contributed by atoms with van der Waals surface area (Å²) < 4.78 is 31.8. The highest BCUT2D eigenvalue weighted by molar-refractivity contribution is 5.92. The average molecular weight is 361 g/mol. The maximum absolute atomic E-state index is 12.2. The molecule has 26 heavy (non-hydrogen) atoms. The normalized spacial score (nSPS) is 11.7. The number of amides is 1. The fraction of sp³-hybridized carbons (Fsp3) is 0.278. The molecule has 1 N–H and O–H groups in total. The summed E-state index contributed by atoms with van der Waals surface area (Å²) in [5, 5.41) is 2.73. The Hall–Kier alpha value is -3.29. The third-order valence-corrected chi connectivity index (χ3v) is 3.66. The minimum Gasteiger partial charge on any atom is -0.493 e. The van der Waals surface area contributed by atoms with Crippen LogP contribution in [0.4, 0.5) is 5.69 Å². The number of fused-ring (bicyclic) bond motifs is 1. The Labute approximate surface area is 150 Å². The SMILES string of the molecule is COc1cc(NC(=O)COc2ccc3c(c2)OCO3)cc(OC)c1OC. The molecular formula is C18H19NO7. The van der Waals surface area contributed by atoms with E-state index >= 15 is 0 Å². The van der Waals surface area contributed by atoms with E-state index in [1.54, 1.807) is 30.3 Å². The van der Waals surface area contributed by atoms with Gasteiger partial charge in [-0.25, -0.2) is 0 Å². The van der Waals surface area contributed by atoms with E-state index in [1.165, 1.54) is 21.3 Å². The molecule has 0 bridgehead atoms. The van der Waals surface area contributed by atoms with Crippen LogP contribution in [-0.2, 0) is 4.79 Å². The molecule has 0 atom stereocenters. The molecule has 2 aromatic rings. The number of methoxy groups -OCH3 is 3. The van der Waals surface area contributed by atoms with E-state index < -0.39 is 0 Å². The van der Waals surface area contributed by atoms with Gasteiger partial charge in [0.25, 0.3) is 5.91 Å². The molecule has 8 nitrogen and oxygen atoms in total. The van der Waals surface area contributed by atoms with Gasteiger partial charge in [0.05, 0.1) is 21.3 Å². The van der Waals surface area contributed by atoms with Crippen molar-refractivity contribution in [3.63, 3.8) is 0 Å². The van der Waals surface area contributed by atoms with Crippen LogP contribution in [0.2, 0.25) is 0 Å². The number of carbonyl (C=O) groups is 1. The number of hydrogen-bond acceptors (Lipinski definition) is 7. The molecule has 3 rings (SSSR count). The van der Waals surface area contributed by atoms with Crippen molar-refractivity contribution >= 4 is 11.6 Å². The lowest BCUT2D eigenvalue weighted by Gasteiger charge is -2.14. The Bertz CT molecular complexity index is 781. The molecule has 0 fully saturated rings. The van der Waals surface area contributed by atoms with Gasteiger partial charge < -0.3 is 33.7 Å². The number of hydrogen-bond donors (Lipinski definition) is 1. The van der Waals surface area contributed by atoms with Gasteiger partial charge in [-0.3, -0.25) is 4.79 Å². The van der Waals surface area contributed by atoms with Crippen molar-refractivity contribution in [1.82, 2.24) is 0 Å². The van der Waals surface area contributed by atoms with E-state index in [4.69, 9.17) is 28.4 Å². The smallest absolute Gasteiger partial charge is 0.262 e. The summed E-state index contributed by atoms with van der Waals surface area (Å²) in [6.45, 7) is 0.0106. The second-order valence-corrected chi connectivity index (χ2v) is 5.27. The predicted molar refractivity (Wildman–Crippen MR) is 92.8 cm³/mol. The highest BCUT2D eigenvalue weighted by Gasteiger charge is 2.16. The summed E-state index contributed by atoms with van der Waals surface area (Å²) in [4.78, 5) is 12.2. The van der Waals surface area contributed by atoms with Gasteiger partial charge in [-0.1, -0.05) is 0 Å². The quantitative estimate of drug-likeness (QED) is 0.811. The van der Waals surface area contributed by atoms with E-state index in [1.807, 2.05) is 0 Å². The molecule has 1 aliphatic rings. The zero-order chi connectivity index (χ0) is 18.5. The van der Waals surface area contributed by atoms with Gasteiger partial charge in [0.15, 0.2) is 29.6 Å². The molecule has 1 aliphatic heterocycles. The summed E-state index contributed by atoms with van der Waals surface area (Å²) in [7, 11) is 4.52. The number of ether oxygens (including phenoxy) is 6. The van der Waals surface area contributed by atoms with Gasteiger partial charge in [-0.15, -0.1) is 0 Å². The van der Waals surface area contributed by atoms with Crippen molar-refractivity contribution in [3.8, 4) is 34.5 Å². The third-order valence-electron chi connectivity index (χ3n) is 3.66. The molecule has 0 saturated heterocycles. The zero-order valence-electron chi connectivity index (χ0n) is 14.7. The number of nitrogens with one attached hydrogen (secondary N) is 1. The summed E-state index contributed by atoms with van der Waals surface area (Å²) in [5.74, 6) is 2.75. The molecule has 0 aromatic heterocycles. The predicted octanol–water partition coefficient (Wildman–Crippen LogP) is 2.46. The van der Waals surface area contributed by atoms with Gasteiger partial charge in [-0.05, 0) is 12.1 Å². The van der Waals surface area contributed by atoms with Crippen LogP contribution in [-0.4, -0.2) is 40.6 Å². The lowest BCUT2D eigenvalue weighted by Crippen LogP contribution is -2.20. The van der Waals surface area contributed by atoms with Crippen LogP contribution in [0, 0.1) is 0 Å². The fourth-order valence-electron chi connectivity index (χ4n) is 2.47. The molecule has 0 aliphatic carbocycles. The van der Waals surface area contributed by atoms with Crippen molar-refractivity contribution in [1.29, 1.82) is 0 Å². The van der Waals surface area contributed by atoms with Gasteiger partial charge in [0.1, 0.15) is 5.75 Å². The van der Waals surface area contributed by atoms with Crippen molar-refractivity contribution < 1.29 is 33.2 Å². The van der Waals surface area contributed by atoms with Crippen molar-refractivity contribution in [2.24, 2.45) is 0 Å². The van der Waals surface area contributed by atoms with E-state index in [0.29, 0.717) is 40.2 Å². The molecule has 0 spiro atoms. The van der Waals surface area contributed by atoms with Crippen LogP contribution in [0.15, 0.2) is 30.3 Å². The monoisotopic (exact) mass is 361 g/mol. The van der Waals surface area contributed by atoms with Gasteiger partial charge in [0.2, 0.25) is 12.5 Å². The van der Waals surface area contributed by atoms with E-state index in [9.17, 15) is 4.79 Å². The fourth-order valence-corrected chi connectivity index (χ4v) is 2.47. The van der Waals surface area contributed by atoms with Crippen LogP contribution in [0.1, 0.15) is 0 Å². The minimum atomic E-state index is -0.336. The van der Waals surface area contributed by atoms with Crippen LogP contribution in [0.3, 0.4) is 0 Å². The van der Waals surface area contributed by atoms with E-state index in [-0.39, 0.29) is 19.3 Å². The standard InChI is InChI=1S/C18H19NO7/c1-21-15-6-11(7-16(22-2)18(15)23-3)19-17(20)9-24-12-4-5-13-14(8-12)26-10-25-13/h4-8H,9-10H2,1-3H3,(H,19,20). The first-order valence-electron chi connectivity index (χ1n) is 7.77. The summed E-state index contributed by atoms with van der Waals surface area (Å²) in [5.41, 5.74) is 0.499. The third kappa shape index (κ3) is 3.69. The second kappa shape index (κ2) is 7.73. The highest BCUT2D eigenvalue weighted by Crippen LogP contribution is 2.40. The summed E-state index contributed by atoms with van der Waals surface area (Å²) >= 11 is 0. The molecule has 0 saturated carbocycles. The van der Waals surface area contributed by atoms with Crippen LogP contribution in [0.5, 0.6) is 34.5 Å². The lowest BCUT2D eigenvalue weighted by atomic mass is 10.2. The van der Waals surface area contributed by atoms with Gasteiger partial charge in [-0.2, -0.15) is 0 Å². The molecule has 2 aromatic carbocycles. The number of rotatable bonds is 7. The molecule has 1 amide bonds. The summed E-state index contributed by atoms with van der Waals surface area (Å²) in [6, 6.07) is 8.39. The molecule has 0 radical (unpaired) electrons. The molecule has 138 valence electrons. The molecular weight excluding hydrogens is 342 g/mol. The van der Waals surface area contributed by atoms with Gasteiger partial charge in [0, 0.05) is 23.9 Å². The second-order valence-electron chi connectivity index (χ2n) is 5.27. The van der Waals surface area contributed by atoms with Crippen LogP contribution in [0.25, 0.3) is 0 Å². The number of benzene rings is 2. The van der Waals surface area contributed by atoms with Crippen molar-refractivity contribution in [2.45, 2.75) is 0 Å². The minimum absolute atomic E-state index is 0.170. The largest absolute Gasteiger partial charge is 0.493 e. The lowest BCUT2D eigenvalue weighted by molar-refractivity contribution is -0.118. The average Bonchev–Trinajstić information content (AvgIpc) is 3.13. The Morgan fingerprint density at radius 3 is 2.35 bits per heavy atom. The van der Waals surface area contributed by atoms with E-state index in [2.05, 4.69) is 5.32 Å². The van der Waals surface area contributed by atoms with Crippen LogP contribution < -0.4 is 33.7 Å². The maximum Gasteiger partial charge on any atom is 0.262 e. The topological polar surface area (TPSA) is 84.5 Å².